The number of ether oxygens (including phenoxy) is 1. The summed E-state index contributed by atoms with van der Waals surface area (Å²) in [6.07, 6.45) is -1.29. The number of hydrogen-bond donors (Lipinski definition) is 2. The third-order valence-electron chi connectivity index (χ3n) is 5.50. The third-order valence-corrected chi connectivity index (χ3v) is 9.96. The molecule has 0 saturated carbocycles. The Morgan fingerprint density at radius 3 is 2.11 bits per heavy atom. The molecule has 0 saturated heterocycles. The summed E-state index contributed by atoms with van der Waals surface area (Å²) in [5, 5.41) is 12.4. The van der Waals surface area contributed by atoms with E-state index in [0.717, 1.165) is 5.56 Å². The average molecular weight is 410 g/mol. The van der Waals surface area contributed by atoms with Gasteiger partial charge in [0.2, 0.25) is 0 Å². The molecule has 0 spiro atoms. The highest BCUT2D eigenvalue weighted by Gasteiger charge is 2.48. The largest absolute Gasteiger partial charge is 0.481 e. The minimum atomic E-state index is -2.26. The summed E-state index contributed by atoms with van der Waals surface area (Å²) in [5.41, 5.74) is -0.299. The molecule has 0 fully saturated rings. The van der Waals surface area contributed by atoms with Crippen molar-refractivity contribution in [3.63, 3.8) is 0 Å². The van der Waals surface area contributed by atoms with Gasteiger partial charge in [0.05, 0.1) is 17.6 Å². The smallest absolute Gasteiger partial charge is 0.407 e. The van der Waals surface area contributed by atoms with Crippen molar-refractivity contribution in [1.29, 1.82) is 0 Å². The number of nitrogens with one attached hydrogen (secondary N) is 1. The lowest BCUT2D eigenvalue weighted by Crippen LogP contribution is -2.57. The van der Waals surface area contributed by atoms with Crippen molar-refractivity contribution in [1.82, 2.24) is 5.32 Å². The summed E-state index contributed by atoms with van der Waals surface area (Å²) in [4.78, 5) is 24.2. The fourth-order valence-corrected chi connectivity index (χ4v) is 4.00. The first-order valence-electron chi connectivity index (χ1n) is 9.57. The van der Waals surface area contributed by atoms with E-state index in [-0.39, 0.29) is 11.6 Å². The van der Waals surface area contributed by atoms with Crippen LogP contribution in [-0.2, 0) is 20.6 Å². The number of aliphatic carboxylic acids is 1. The molecule has 2 atom stereocenters. The van der Waals surface area contributed by atoms with Crippen molar-refractivity contribution in [2.45, 2.75) is 78.4 Å². The Kier molecular flexibility index (Phi) is 7.85. The molecule has 158 valence electrons. The minimum Gasteiger partial charge on any atom is -0.481 e. The second-order valence-corrected chi connectivity index (χ2v) is 14.1. The zero-order valence-corrected chi connectivity index (χ0v) is 19.3. The van der Waals surface area contributed by atoms with Crippen LogP contribution in [-0.4, -0.2) is 37.6 Å². The average Bonchev–Trinajstić information content (AvgIpc) is 2.57. The molecule has 1 rings (SSSR count). The first kappa shape index (κ1) is 24.2. The van der Waals surface area contributed by atoms with Gasteiger partial charge in [-0.25, -0.2) is 4.79 Å². The van der Waals surface area contributed by atoms with Gasteiger partial charge in [-0.05, 0) is 44.5 Å². The summed E-state index contributed by atoms with van der Waals surface area (Å²) in [6.45, 7) is 15.6. The van der Waals surface area contributed by atoms with Crippen molar-refractivity contribution in [2.75, 3.05) is 0 Å². The van der Waals surface area contributed by atoms with Crippen LogP contribution in [0.3, 0.4) is 0 Å². The van der Waals surface area contributed by atoms with Crippen LogP contribution in [0.15, 0.2) is 30.3 Å². The molecule has 0 aromatic heterocycles. The van der Waals surface area contributed by atoms with Crippen molar-refractivity contribution in [3.05, 3.63) is 35.9 Å². The Balaban J connectivity index is 2.91. The lowest BCUT2D eigenvalue weighted by atomic mass is 9.83. The molecule has 0 aliphatic heterocycles. The molecule has 0 radical (unpaired) electrons. The van der Waals surface area contributed by atoms with Crippen molar-refractivity contribution >= 4 is 20.4 Å². The van der Waals surface area contributed by atoms with Gasteiger partial charge in [-0.3, -0.25) is 4.79 Å². The highest BCUT2D eigenvalue weighted by molar-refractivity contribution is 6.74. The van der Waals surface area contributed by atoms with Crippen molar-refractivity contribution < 1.29 is 23.9 Å². The Labute approximate surface area is 169 Å². The standard InChI is InChI=1S/C21H35NO5Si/c1-15(22-19(25)26-14-16-12-10-9-11-13-16)17(21(5,6)18(23)24)27-28(7,8)20(2,3)4/h9-13,15,17H,14H2,1-8H3,(H,22,25)(H,23,24)/t15-,17?/m0/s1. The predicted molar refractivity (Wildman–Crippen MR) is 113 cm³/mol. The van der Waals surface area contributed by atoms with Crippen LogP contribution in [0.25, 0.3) is 0 Å². The number of amides is 1. The van der Waals surface area contributed by atoms with Gasteiger partial charge in [0.15, 0.2) is 8.32 Å². The van der Waals surface area contributed by atoms with E-state index in [0.29, 0.717) is 0 Å². The molecule has 6 nitrogen and oxygen atoms in total. The SMILES string of the molecule is C[C@H](NC(=O)OCc1ccccc1)C(O[Si](C)(C)C(C)(C)C)C(C)(C)C(=O)O. The molecule has 0 heterocycles. The molecule has 0 aliphatic carbocycles. The van der Waals surface area contributed by atoms with Crippen molar-refractivity contribution in [3.8, 4) is 0 Å². The summed E-state index contributed by atoms with van der Waals surface area (Å²) < 4.78 is 11.7. The zero-order valence-electron chi connectivity index (χ0n) is 18.3. The number of benzene rings is 1. The monoisotopic (exact) mass is 409 g/mol. The van der Waals surface area contributed by atoms with Crippen LogP contribution in [0.5, 0.6) is 0 Å². The highest BCUT2D eigenvalue weighted by atomic mass is 28.4. The number of carboxylic acids is 1. The van der Waals surface area contributed by atoms with Crippen LogP contribution in [0.4, 0.5) is 4.79 Å². The van der Waals surface area contributed by atoms with Gasteiger partial charge in [-0.1, -0.05) is 51.1 Å². The van der Waals surface area contributed by atoms with E-state index in [2.05, 4.69) is 39.2 Å². The molecule has 2 N–H and O–H groups in total. The van der Waals surface area contributed by atoms with Crippen molar-refractivity contribution in [2.24, 2.45) is 5.41 Å². The fourth-order valence-electron chi connectivity index (χ4n) is 2.52. The predicted octanol–water partition coefficient (Wildman–Crippen LogP) is 4.80. The zero-order chi connectivity index (χ0) is 21.8. The van der Waals surface area contributed by atoms with Gasteiger partial charge in [-0.2, -0.15) is 0 Å². The molecule has 1 unspecified atom stereocenters. The molecule has 0 aliphatic rings. The fraction of sp³-hybridized carbons (Fsp3) is 0.619. The molecule has 1 amide bonds. The Morgan fingerprint density at radius 2 is 1.64 bits per heavy atom. The molecular formula is C21H35NO5Si. The van der Waals surface area contributed by atoms with Gasteiger partial charge < -0.3 is 19.6 Å². The minimum absolute atomic E-state index is 0.0899. The lowest BCUT2D eigenvalue weighted by Gasteiger charge is -2.44. The highest BCUT2D eigenvalue weighted by Crippen LogP contribution is 2.40. The van der Waals surface area contributed by atoms with E-state index < -0.39 is 37.9 Å². The Morgan fingerprint density at radius 1 is 1.11 bits per heavy atom. The van der Waals surface area contributed by atoms with Crippen LogP contribution in [0.1, 0.15) is 47.1 Å². The van der Waals surface area contributed by atoms with E-state index >= 15 is 0 Å². The number of carboxylic acid groups (broad SMARTS) is 1. The quantitative estimate of drug-likeness (QED) is 0.602. The third kappa shape index (κ3) is 6.34. The molecule has 28 heavy (non-hydrogen) atoms. The van der Waals surface area contributed by atoms with E-state index in [4.69, 9.17) is 9.16 Å². The molecule has 0 bridgehead atoms. The molecule has 1 aromatic carbocycles. The maximum Gasteiger partial charge on any atom is 0.407 e. The summed E-state index contributed by atoms with van der Waals surface area (Å²) >= 11 is 0. The number of rotatable bonds is 8. The van der Waals surface area contributed by atoms with Gasteiger partial charge in [-0.15, -0.1) is 0 Å². The summed E-state index contributed by atoms with van der Waals surface area (Å²) in [5.74, 6) is -0.970. The summed E-state index contributed by atoms with van der Waals surface area (Å²) in [6, 6.07) is 8.84. The van der Waals surface area contributed by atoms with E-state index in [1.807, 2.05) is 30.3 Å². The van der Waals surface area contributed by atoms with E-state index in [1.165, 1.54) is 0 Å². The van der Waals surface area contributed by atoms with Gasteiger partial charge in [0, 0.05) is 0 Å². The molecule has 7 heteroatoms. The number of hydrogen-bond acceptors (Lipinski definition) is 4. The van der Waals surface area contributed by atoms with E-state index in [1.54, 1.807) is 20.8 Å². The van der Waals surface area contributed by atoms with E-state index in [9.17, 15) is 14.7 Å². The lowest BCUT2D eigenvalue weighted by molar-refractivity contribution is -0.153. The van der Waals surface area contributed by atoms with Gasteiger partial charge in [0.1, 0.15) is 6.61 Å². The molecular weight excluding hydrogens is 374 g/mol. The second-order valence-electron chi connectivity index (χ2n) is 9.32. The Hall–Kier alpha value is -1.86. The normalized spacial score (nSPS) is 14.9. The first-order valence-corrected chi connectivity index (χ1v) is 12.5. The maximum atomic E-state index is 12.3. The van der Waals surface area contributed by atoms with Gasteiger partial charge in [0.25, 0.3) is 0 Å². The topological polar surface area (TPSA) is 84.9 Å². The molecule has 1 aromatic rings. The van der Waals surface area contributed by atoms with Crippen LogP contribution >= 0.6 is 0 Å². The van der Waals surface area contributed by atoms with Crippen LogP contribution < -0.4 is 5.32 Å². The number of carbonyl (C=O) groups is 2. The number of alkyl carbamates (subject to hydrolysis) is 1. The summed E-state index contributed by atoms with van der Waals surface area (Å²) in [7, 11) is -2.26. The van der Waals surface area contributed by atoms with Crippen LogP contribution in [0.2, 0.25) is 18.1 Å². The second kappa shape index (κ2) is 9.09. The maximum absolute atomic E-state index is 12.3. The van der Waals surface area contributed by atoms with Crippen LogP contribution in [0, 0.1) is 5.41 Å². The Bertz CT molecular complexity index is 667. The first-order chi connectivity index (χ1) is 12.7. The van der Waals surface area contributed by atoms with Gasteiger partial charge >= 0.3 is 12.1 Å². The number of carbonyl (C=O) groups excluding carboxylic acids is 1.